The summed E-state index contributed by atoms with van der Waals surface area (Å²) in [5, 5.41) is 9.11. The van der Waals surface area contributed by atoms with E-state index in [9.17, 15) is 4.79 Å². The first kappa shape index (κ1) is 12.2. The molecule has 1 aromatic carbocycles. The van der Waals surface area contributed by atoms with Gasteiger partial charge in [0.15, 0.2) is 0 Å². The number of aliphatic hydroxyl groups is 1. The number of benzene rings is 1. The van der Waals surface area contributed by atoms with Gasteiger partial charge >= 0.3 is 0 Å². The second kappa shape index (κ2) is 5.28. The summed E-state index contributed by atoms with van der Waals surface area (Å²) in [7, 11) is 1.68. The molecule has 1 amide bonds. The zero-order valence-electron chi connectivity index (χ0n) is 8.77. The van der Waals surface area contributed by atoms with Crippen molar-refractivity contribution >= 4 is 21.8 Å². The van der Waals surface area contributed by atoms with E-state index in [1.165, 1.54) is 11.8 Å². The highest BCUT2D eigenvalue weighted by Gasteiger charge is 2.14. The van der Waals surface area contributed by atoms with Crippen LogP contribution in [0, 0.1) is 0 Å². The number of nitrogens with zero attached hydrogens (tertiary/aromatic N) is 1. The number of hydrogen-bond donors (Lipinski definition) is 1. The summed E-state index contributed by atoms with van der Waals surface area (Å²) in [6, 6.07) is 7.73. The van der Waals surface area contributed by atoms with E-state index in [-0.39, 0.29) is 5.91 Å². The number of carbonyl (C=O) groups is 1. The van der Waals surface area contributed by atoms with Gasteiger partial charge < -0.3 is 10.0 Å². The van der Waals surface area contributed by atoms with Crippen molar-refractivity contribution in [1.29, 1.82) is 0 Å². The van der Waals surface area contributed by atoms with Crippen molar-refractivity contribution in [3.8, 4) is 0 Å². The molecule has 3 nitrogen and oxygen atoms in total. The lowest BCUT2D eigenvalue weighted by atomic mass is 10.2. The van der Waals surface area contributed by atoms with Crippen LogP contribution in [-0.4, -0.2) is 29.1 Å². The smallest absolute Gasteiger partial charge is 0.251 e. The Labute approximate surface area is 97.8 Å². The molecule has 1 rings (SSSR count). The van der Waals surface area contributed by atoms with Crippen LogP contribution in [0.2, 0.25) is 0 Å². The van der Waals surface area contributed by atoms with Crippen molar-refractivity contribution in [2.24, 2.45) is 0 Å². The first-order valence-electron chi connectivity index (χ1n) is 4.68. The maximum absolute atomic E-state index is 11.4. The molecule has 0 aromatic heterocycles. The predicted octanol–water partition coefficient (Wildman–Crippen LogP) is 1.79. The highest BCUT2D eigenvalue weighted by atomic mass is 79.9. The van der Waals surface area contributed by atoms with Gasteiger partial charge in [0.2, 0.25) is 0 Å². The number of rotatable bonds is 3. The fraction of sp³-hybridized carbons (Fsp3) is 0.364. The summed E-state index contributed by atoms with van der Waals surface area (Å²) < 4.78 is 1.01. The lowest BCUT2D eigenvalue weighted by Crippen LogP contribution is -2.34. The molecule has 0 heterocycles. The van der Waals surface area contributed by atoms with Gasteiger partial charge in [-0.15, -0.1) is 0 Å². The predicted molar refractivity (Wildman–Crippen MR) is 62.3 cm³/mol. The number of likely N-dealkylation sites (N-methyl/N-ethyl adjacent to an activating group) is 1. The summed E-state index contributed by atoms with van der Waals surface area (Å²) in [4.78, 5) is 12.9. The van der Waals surface area contributed by atoms with Crippen LogP contribution < -0.4 is 0 Å². The summed E-state index contributed by atoms with van der Waals surface area (Å²) >= 11 is 3.34. The standard InChI is InChI=1S/C11H14BrNO2/c1-8(14)11(15)13(2)7-9-3-5-10(12)6-4-9/h3-6,8,14H,7H2,1-2H3. The van der Waals surface area contributed by atoms with Crippen LogP contribution in [0.4, 0.5) is 0 Å². The minimum Gasteiger partial charge on any atom is -0.384 e. The Morgan fingerprint density at radius 3 is 2.47 bits per heavy atom. The molecule has 0 aliphatic carbocycles. The Bertz CT molecular complexity index is 335. The molecule has 1 unspecified atom stereocenters. The summed E-state index contributed by atoms with van der Waals surface area (Å²) in [5.74, 6) is -0.266. The van der Waals surface area contributed by atoms with Gasteiger partial charge in [-0.3, -0.25) is 4.79 Å². The maximum Gasteiger partial charge on any atom is 0.251 e. The third-order valence-electron chi connectivity index (χ3n) is 2.07. The highest BCUT2D eigenvalue weighted by molar-refractivity contribution is 9.10. The number of carbonyl (C=O) groups excluding carboxylic acids is 1. The lowest BCUT2D eigenvalue weighted by Gasteiger charge is -2.18. The van der Waals surface area contributed by atoms with Crippen molar-refractivity contribution in [3.63, 3.8) is 0 Å². The second-order valence-electron chi connectivity index (χ2n) is 3.50. The minimum atomic E-state index is -0.939. The number of amides is 1. The van der Waals surface area contributed by atoms with Crippen LogP contribution >= 0.6 is 15.9 Å². The molecule has 0 bridgehead atoms. The number of halogens is 1. The van der Waals surface area contributed by atoms with Crippen LogP contribution in [0.25, 0.3) is 0 Å². The van der Waals surface area contributed by atoms with Gasteiger partial charge in [-0.1, -0.05) is 28.1 Å². The molecule has 1 N–H and O–H groups in total. The molecule has 0 fully saturated rings. The Kier molecular flexibility index (Phi) is 4.29. The first-order chi connectivity index (χ1) is 7.00. The van der Waals surface area contributed by atoms with Gasteiger partial charge in [-0.2, -0.15) is 0 Å². The molecular weight excluding hydrogens is 258 g/mol. The van der Waals surface area contributed by atoms with Crippen molar-refractivity contribution in [3.05, 3.63) is 34.3 Å². The van der Waals surface area contributed by atoms with Crippen LogP contribution in [-0.2, 0) is 11.3 Å². The van der Waals surface area contributed by atoms with E-state index in [0.29, 0.717) is 6.54 Å². The molecule has 0 saturated carbocycles. The van der Waals surface area contributed by atoms with Gasteiger partial charge in [0.05, 0.1) is 0 Å². The Hall–Kier alpha value is -0.870. The van der Waals surface area contributed by atoms with E-state index in [0.717, 1.165) is 10.0 Å². The van der Waals surface area contributed by atoms with E-state index in [4.69, 9.17) is 5.11 Å². The highest BCUT2D eigenvalue weighted by Crippen LogP contribution is 2.12. The molecule has 1 atom stereocenters. The molecule has 15 heavy (non-hydrogen) atoms. The third-order valence-corrected chi connectivity index (χ3v) is 2.60. The normalized spacial score (nSPS) is 12.3. The van der Waals surface area contributed by atoms with Gasteiger partial charge in [0.25, 0.3) is 5.91 Å². The van der Waals surface area contributed by atoms with Crippen molar-refractivity contribution < 1.29 is 9.90 Å². The maximum atomic E-state index is 11.4. The molecular formula is C11H14BrNO2. The van der Waals surface area contributed by atoms with E-state index >= 15 is 0 Å². The fourth-order valence-electron chi connectivity index (χ4n) is 1.26. The molecule has 0 spiro atoms. The molecule has 82 valence electrons. The summed E-state index contributed by atoms with van der Waals surface area (Å²) in [6.07, 6.45) is -0.939. The summed E-state index contributed by atoms with van der Waals surface area (Å²) in [5.41, 5.74) is 1.04. The van der Waals surface area contributed by atoms with Crippen LogP contribution in [0.1, 0.15) is 12.5 Å². The van der Waals surface area contributed by atoms with E-state index < -0.39 is 6.10 Å². The van der Waals surface area contributed by atoms with Gasteiger partial charge in [-0.25, -0.2) is 0 Å². The van der Waals surface area contributed by atoms with Gasteiger partial charge in [-0.05, 0) is 24.6 Å². The van der Waals surface area contributed by atoms with Gasteiger partial charge in [0, 0.05) is 18.1 Å². The average Bonchev–Trinajstić information content (AvgIpc) is 2.20. The van der Waals surface area contributed by atoms with Gasteiger partial charge in [0.1, 0.15) is 6.10 Å². The molecule has 4 heteroatoms. The molecule has 0 aliphatic heterocycles. The van der Waals surface area contributed by atoms with Crippen LogP contribution in [0.15, 0.2) is 28.7 Å². The second-order valence-corrected chi connectivity index (χ2v) is 4.41. The van der Waals surface area contributed by atoms with Crippen LogP contribution in [0.5, 0.6) is 0 Å². The van der Waals surface area contributed by atoms with Crippen molar-refractivity contribution in [2.75, 3.05) is 7.05 Å². The lowest BCUT2D eigenvalue weighted by molar-refractivity contribution is -0.138. The van der Waals surface area contributed by atoms with E-state index in [1.54, 1.807) is 7.05 Å². The zero-order chi connectivity index (χ0) is 11.4. The minimum absolute atomic E-state index is 0.266. The number of hydrogen-bond acceptors (Lipinski definition) is 2. The third kappa shape index (κ3) is 3.64. The molecule has 0 saturated heterocycles. The van der Waals surface area contributed by atoms with E-state index in [2.05, 4.69) is 15.9 Å². The Morgan fingerprint density at radius 2 is 2.00 bits per heavy atom. The Balaban J connectivity index is 2.62. The first-order valence-corrected chi connectivity index (χ1v) is 5.47. The molecule has 1 aromatic rings. The SMILES string of the molecule is CC(O)C(=O)N(C)Cc1ccc(Br)cc1. The Morgan fingerprint density at radius 1 is 1.47 bits per heavy atom. The molecule has 0 radical (unpaired) electrons. The van der Waals surface area contributed by atoms with Crippen molar-refractivity contribution in [1.82, 2.24) is 4.90 Å². The van der Waals surface area contributed by atoms with Crippen molar-refractivity contribution in [2.45, 2.75) is 19.6 Å². The fourth-order valence-corrected chi connectivity index (χ4v) is 1.52. The largest absolute Gasteiger partial charge is 0.384 e. The van der Waals surface area contributed by atoms with Crippen LogP contribution in [0.3, 0.4) is 0 Å². The number of aliphatic hydroxyl groups excluding tert-OH is 1. The van der Waals surface area contributed by atoms with E-state index in [1.807, 2.05) is 24.3 Å². The average molecular weight is 272 g/mol. The monoisotopic (exact) mass is 271 g/mol. The zero-order valence-corrected chi connectivity index (χ0v) is 10.4. The topological polar surface area (TPSA) is 40.5 Å². The molecule has 0 aliphatic rings. The summed E-state index contributed by atoms with van der Waals surface area (Å²) in [6.45, 7) is 1.98. The quantitative estimate of drug-likeness (QED) is 0.911.